The molecule has 0 saturated carbocycles. The SMILES string of the molecule is CCCCCCC/C=C\CCCCCCCCOCC(COC1OC(CO)C(O)C(OS(=O)(=O)O)C1O)OC(=O)CCCCCCCCCCCC. The number of rotatable bonds is 35. The van der Waals surface area contributed by atoms with Crippen molar-refractivity contribution in [1.29, 1.82) is 0 Å². The monoisotopic (exact) mass is 766 g/mol. The molecule has 0 bridgehead atoms. The second kappa shape index (κ2) is 32.1. The van der Waals surface area contributed by atoms with E-state index in [1.165, 1.54) is 96.3 Å². The molecule has 1 fully saturated rings. The molecule has 0 aromatic rings. The Bertz CT molecular complexity index is 978. The molecule has 13 heteroatoms. The number of carbonyl (C=O) groups excluding carboxylic acids is 1. The summed E-state index contributed by atoms with van der Waals surface area (Å²) >= 11 is 0. The van der Waals surface area contributed by atoms with Crippen molar-refractivity contribution in [1.82, 2.24) is 0 Å². The molecule has 0 radical (unpaired) electrons. The smallest absolute Gasteiger partial charge is 0.397 e. The van der Waals surface area contributed by atoms with Crippen LogP contribution >= 0.6 is 0 Å². The van der Waals surface area contributed by atoms with E-state index in [2.05, 4.69) is 30.2 Å². The van der Waals surface area contributed by atoms with Gasteiger partial charge in [0.15, 0.2) is 6.29 Å². The summed E-state index contributed by atoms with van der Waals surface area (Å²) in [4.78, 5) is 12.7. The Hall–Kier alpha value is -1.16. The van der Waals surface area contributed by atoms with Gasteiger partial charge < -0.3 is 34.3 Å². The van der Waals surface area contributed by atoms with Crippen molar-refractivity contribution in [2.24, 2.45) is 0 Å². The summed E-state index contributed by atoms with van der Waals surface area (Å²) in [5.74, 6) is -0.403. The summed E-state index contributed by atoms with van der Waals surface area (Å²) in [6, 6.07) is 0. The van der Waals surface area contributed by atoms with Gasteiger partial charge in [-0.2, -0.15) is 8.42 Å². The van der Waals surface area contributed by atoms with Crippen molar-refractivity contribution in [3.05, 3.63) is 12.2 Å². The topological polar surface area (TPSA) is 178 Å². The van der Waals surface area contributed by atoms with E-state index in [4.69, 9.17) is 23.5 Å². The van der Waals surface area contributed by atoms with Crippen LogP contribution in [0.3, 0.4) is 0 Å². The second-order valence-corrected chi connectivity index (χ2v) is 15.3. The summed E-state index contributed by atoms with van der Waals surface area (Å²) < 4.78 is 58.8. The van der Waals surface area contributed by atoms with Crippen molar-refractivity contribution >= 4 is 16.4 Å². The lowest BCUT2D eigenvalue weighted by Crippen LogP contribution is -2.60. The highest BCUT2D eigenvalue weighted by molar-refractivity contribution is 7.80. The molecule has 1 aliphatic rings. The van der Waals surface area contributed by atoms with Gasteiger partial charge in [-0.05, 0) is 38.5 Å². The molecule has 0 aromatic carbocycles. The first kappa shape index (κ1) is 48.9. The Balaban J connectivity index is 2.47. The lowest BCUT2D eigenvalue weighted by Gasteiger charge is -2.41. The number of carbonyl (C=O) groups is 1. The highest BCUT2D eigenvalue weighted by atomic mass is 32.3. The lowest BCUT2D eigenvalue weighted by molar-refractivity contribution is -0.301. The maximum Gasteiger partial charge on any atom is 0.397 e. The molecule has 1 saturated heterocycles. The van der Waals surface area contributed by atoms with Gasteiger partial charge in [-0.15, -0.1) is 0 Å². The average molecular weight is 767 g/mol. The van der Waals surface area contributed by atoms with E-state index < -0.39 is 59.8 Å². The van der Waals surface area contributed by atoms with Gasteiger partial charge in [0.2, 0.25) is 0 Å². The first-order valence-electron chi connectivity index (χ1n) is 20.4. The standard InChI is InChI=1S/C39H74O12S/c1-3-5-7-9-11-13-15-16-17-18-19-21-23-25-27-29-47-31-33(49-35(41)28-26-24-22-20-14-12-10-8-6-4-2)32-48-39-37(43)38(51-52(44,45)46)36(42)34(30-40)50-39/h15-16,33-34,36-40,42-43H,3-14,17-32H2,1-2H3,(H,44,45,46)/b16-15-. The van der Waals surface area contributed by atoms with Crippen LogP contribution in [-0.4, -0.2) is 97.5 Å². The summed E-state index contributed by atoms with van der Waals surface area (Å²) in [6.07, 6.45) is 22.5. The number of ether oxygens (including phenoxy) is 4. The summed E-state index contributed by atoms with van der Waals surface area (Å²) in [6.45, 7) is 3.95. The predicted octanol–water partition coefficient (Wildman–Crippen LogP) is 7.52. The van der Waals surface area contributed by atoms with Crippen LogP contribution < -0.4 is 0 Å². The van der Waals surface area contributed by atoms with Crippen LogP contribution in [-0.2, 0) is 38.3 Å². The Morgan fingerprint density at radius 1 is 0.712 bits per heavy atom. The number of aliphatic hydroxyl groups is 3. The Labute approximate surface area is 315 Å². The molecule has 1 heterocycles. The molecular formula is C39H74O12S. The molecule has 6 unspecified atom stereocenters. The van der Waals surface area contributed by atoms with Gasteiger partial charge in [-0.1, -0.05) is 135 Å². The minimum absolute atomic E-state index is 0.0362. The molecule has 6 atom stereocenters. The summed E-state index contributed by atoms with van der Waals surface area (Å²) in [7, 11) is -5.05. The van der Waals surface area contributed by atoms with Crippen molar-refractivity contribution in [3.63, 3.8) is 0 Å². The molecule has 1 aliphatic heterocycles. The Morgan fingerprint density at radius 3 is 1.73 bits per heavy atom. The fraction of sp³-hybridized carbons (Fsp3) is 0.923. The highest BCUT2D eigenvalue weighted by Gasteiger charge is 2.48. The molecule has 0 aromatic heterocycles. The van der Waals surface area contributed by atoms with Gasteiger partial charge in [0, 0.05) is 13.0 Å². The Morgan fingerprint density at radius 2 is 1.21 bits per heavy atom. The van der Waals surface area contributed by atoms with Gasteiger partial charge in [-0.3, -0.25) is 9.35 Å². The maximum atomic E-state index is 12.7. The predicted molar refractivity (Wildman–Crippen MR) is 202 cm³/mol. The van der Waals surface area contributed by atoms with Gasteiger partial charge in [-0.25, -0.2) is 4.18 Å². The van der Waals surface area contributed by atoms with E-state index in [1.54, 1.807) is 0 Å². The molecule has 0 aliphatic carbocycles. The summed E-state index contributed by atoms with van der Waals surface area (Å²) in [5, 5.41) is 30.5. The highest BCUT2D eigenvalue weighted by Crippen LogP contribution is 2.26. The van der Waals surface area contributed by atoms with E-state index >= 15 is 0 Å². The number of hydrogen-bond acceptors (Lipinski definition) is 11. The number of hydrogen-bond donors (Lipinski definition) is 4. The van der Waals surface area contributed by atoms with Crippen molar-refractivity contribution in [3.8, 4) is 0 Å². The lowest BCUT2D eigenvalue weighted by atomic mass is 9.99. The molecule has 12 nitrogen and oxygen atoms in total. The van der Waals surface area contributed by atoms with E-state index in [0.29, 0.717) is 13.0 Å². The van der Waals surface area contributed by atoms with Crippen LogP contribution in [0.1, 0.15) is 168 Å². The zero-order valence-corrected chi connectivity index (χ0v) is 33.2. The third kappa shape index (κ3) is 25.8. The van der Waals surface area contributed by atoms with Crippen LogP contribution in [0, 0.1) is 0 Å². The first-order valence-corrected chi connectivity index (χ1v) is 21.8. The molecule has 1 rings (SSSR count). The zero-order valence-electron chi connectivity index (χ0n) is 32.4. The second-order valence-electron chi connectivity index (χ2n) is 14.2. The minimum atomic E-state index is -5.05. The van der Waals surface area contributed by atoms with Gasteiger partial charge in [0.25, 0.3) is 0 Å². The van der Waals surface area contributed by atoms with E-state index in [-0.39, 0.29) is 19.6 Å². The fourth-order valence-corrected chi connectivity index (χ4v) is 6.76. The minimum Gasteiger partial charge on any atom is -0.457 e. The number of aliphatic hydroxyl groups excluding tert-OH is 3. The third-order valence-electron chi connectivity index (χ3n) is 9.39. The van der Waals surface area contributed by atoms with Crippen LogP contribution in [0.2, 0.25) is 0 Å². The molecular weight excluding hydrogens is 692 g/mol. The number of allylic oxidation sites excluding steroid dienone is 2. The third-order valence-corrected chi connectivity index (χ3v) is 9.85. The van der Waals surface area contributed by atoms with Gasteiger partial charge >= 0.3 is 16.4 Å². The van der Waals surface area contributed by atoms with Crippen LogP contribution in [0.4, 0.5) is 0 Å². The average Bonchev–Trinajstić information content (AvgIpc) is 3.11. The molecule has 0 spiro atoms. The fourth-order valence-electron chi connectivity index (χ4n) is 6.25. The van der Waals surface area contributed by atoms with Crippen molar-refractivity contribution < 1.29 is 56.2 Å². The summed E-state index contributed by atoms with van der Waals surface area (Å²) in [5.41, 5.74) is 0. The van der Waals surface area contributed by atoms with Gasteiger partial charge in [0.1, 0.15) is 30.5 Å². The van der Waals surface area contributed by atoms with Crippen molar-refractivity contribution in [2.45, 2.75) is 205 Å². The van der Waals surface area contributed by atoms with E-state index in [1.807, 2.05) is 0 Å². The molecule has 4 N–H and O–H groups in total. The van der Waals surface area contributed by atoms with Crippen molar-refractivity contribution in [2.75, 3.05) is 26.4 Å². The van der Waals surface area contributed by atoms with Gasteiger partial charge in [0.05, 0.1) is 19.8 Å². The largest absolute Gasteiger partial charge is 0.457 e. The number of unbranched alkanes of at least 4 members (excludes halogenated alkanes) is 20. The van der Waals surface area contributed by atoms with Crippen LogP contribution in [0.25, 0.3) is 0 Å². The first-order chi connectivity index (χ1) is 25.1. The molecule has 52 heavy (non-hydrogen) atoms. The Kier molecular flexibility index (Phi) is 30.2. The van der Waals surface area contributed by atoms with E-state index in [9.17, 15) is 28.5 Å². The zero-order chi connectivity index (χ0) is 38.3. The van der Waals surface area contributed by atoms with E-state index in [0.717, 1.165) is 44.9 Å². The molecule has 308 valence electrons. The maximum absolute atomic E-state index is 12.7. The quantitative estimate of drug-likeness (QED) is 0.0216. The van der Waals surface area contributed by atoms with Crippen LogP contribution in [0.15, 0.2) is 12.2 Å². The normalized spacial score (nSPS) is 21.5. The van der Waals surface area contributed by atoms with Crippen LogP contribution in [0.5, 0.6) is 0 Å². The number of esters is 1. The molecule has 0 amide bonds.